The van der Waals surface area contributed by atoms with E-state index in [2.05, 4.69) is 0 Å². The highest BCUT2D eigenvalue weighted by atomic mass is 35.5. The molecule has 0 radical (unpaired) electrons. The second kappa shape index (κ2) is 7.33. The van der Waals surface area contributed by atoms with Crippen LogP contribution < -0.4 is 5.73 Å². The van der Waals surface area contributed by atoms with E-state index in [9.17, 15) is 0 Å². The molecule has 20 heavy (non-hydrogen) atoms. The van der Waals surface area contributed by atoms with E-state index in [0.29, 0.717) is 11.6 Å². The van der Waals surface area contributed by atoms with Gasteiger partial charge in [0.15, 0.2) is 0 Å². The summed E-state index contributed by atoms with van der Waals surface area (Å²) in [5.41, 5.74) is 8.03. The number of halogens is 3. The fourth-order valence-electron chi connectivity index (χ4n) is 2.22. The summed E-state index contributed by atoms with van der Waals surface area (Å²) >= 11 is 18.4. The highest BCUT2D eigenvalue weighted by molar-refractivity contribution is 6.33. The number of nitrogens with two attached hydrogens (primary N) is 1. The maximum Gasteiger partial charge on any atom is 0.0439 e. The molecule has 0 aromatic heterocycles. The Morgan fingerprint density at radius 2 is 1.50 bits per heavy atom. The first-order valence-corrected chi connectivity index (χ1v) is 7.61. The minimum Gasteiger partial charge on any atom is -0.330 e. The van der Waals surface area contributed by atoms with Gasteiger partial charge in [0.25, 0.3) is 0 Å². The zero-order chi connectivity index (χ0) is 14.5. The van der Waals surface area contributed by atoms with Crippen LogP contribution in [0.15, 0.2) is 42.5 Å². The number of hydrogen-bond donors (Lipinski definition) is 1. The predicted octanol–water partition coefficient (Wildman–Crippen LogP) is 5.01. The van der Waals surface area contributed by atoms with E-state index in [1.807, 2.05) is 36.4 Å². The number of rotatable bonds is 5. The summed E-state index contributed by atoms with van der Waals surface area (Å²) in [6, 6.07) is 13.4. The van der Waals surface area contributed by atoms with Crippen molar-refractivity contribution in [1.82, 2.24) is 0 Å². The Morgan fingerprint density at radius 1 is 0.850 bits per heavy atom. The fourth-order valence-corrected chi connectivity index (χ4v) is 2.83. The molecule has 1 unspecified atom stereocenters. The summed E-state index contributed by atoms with van der Waals surface area (Å²) in [5.74, 6) is 0.283. The molecule has 1 atom stereocenters. The lowest BCUT2D eigenvalue weighted by atomic mass is 9.92. The number of benzene rings is 2. The first-order chi connectivity index (χ1) is 9.60. The molecule has 0 aliphatic heterocycles. The van der Waals surface area contributed by atoms with Crippen LogP contribution in [0.1, 0.15) is 11.1 Å². The van der Waals surface area contributed by atoms with Gasteiger partial charge in [-0.15, -0.1) is 0 Å². The van der Waals surface area contributed by atoms with Crippen molar-refractivity contribution < 1.29 is 0 Å². The summed E-state index contributed by atoms with van der Waals surface area (Å²) < 4.78 is 0. The van der Waals surface area contributed by atoms with Gasteiger partial charge < -0.3 is 5.73 Å². The van der Waals surface area contributed by atoms with Crippen LogP contribution in [0.4, 0.5) is 0 Å². The summed E-state index contributed by atoms with van der Waals surface area (Å²) in [7, 11) is 0. The molecule has 0 spiro atoms. The Labute approximate surface area is 134 Å². The van der Waals surface area contributed by atoms with Crippen molar-refractivity contribution in [3.8, 4) is 0 Å². The minimum atomic E-state index is 0.283. The molecular formula is C16H16Cl3N. The maximum atomic E-state index is 6.21. The van der Waals surface area contributed by atoms with Crippen molar-refractivity contribution in [2.45, 2.75) is 12.8 Å². The zero-order valence-corrected chi connectivity index (χ0v) is 13.2. The molecule has 0 aliphatic carbocycles. The molecular weight excluding hydrogens is 313 g/mol. The summed E-state index contributed by atoms with van der Waals surface area (Å²) in [6.45, 7) is 0.577. The molecule has 0 fully saturated rings. The lowest BCUT2D eigenvalue weighted by Crippen LogP contribution is -2.19. The van der Waals surface area contributed by atoms with Crippen molar-refractivity contribution in [3.05, 3.63) is 68.7 Å². The van der Waals surface area contributed by atoms with Crippen LogP contribution in [0.2, 0.25) is 15.1 Å². The molecule has 0 aliphatic rings. The Balaban J connectivity index is 2.13. The van der Waals surface area contributed by atoms with Crippen molar-refractivity contribution in [1.29, 1.82) is 0 Å². The van der Waals surface area contributed by atoms with E-state index in [1.54, 1.807) is 6.07 Å². The average Bonchev–Trinajstić information content (AvgIpc) is 2.44. The summed E-state index contributed by atoms with van der Waals surface area (Å²) in [6.07, 6.45) is 1.63. The van der Waals surface area contributed by atoms with Gasteiger partial charge in [-0.1, -0.05) is 53.0 Å². The maximum absolute atomic E-state index is 6.21. The molecule has 0 bridgehead atoms. The molecule has 2 N–H and O–H groups in total. The summed E-state index contributed by atoms with van der Waals surface area (Å²) in [5, 5.41) is 2.20. The molecule has 4 heteroatoms. The molecule has 0 heterocycles. The van der Waals surface area contributed by atoms with Gasteiger partial charge in [0.2, 0.25) is 0 Å². The topological polar surface area (TPSA) is 26.0 Å². The van der Waals surface area contributed by atoms with Crippen molar-refractivity contribution in [3.63, 3.8) is 0 Å². The van der Waals surface area contributed by atoms with Crippen molar-refractivity contribution in [2.24, 2.45) is 11.7 Å². The third kappa shape index (κ3) is 4.13. The SMILES string of the molecule is NCC(Cc1ccccc1Cl)Cc1cc(Cl)ccc1Cl. The highest BCUT2D eigenvalue weighted by Crippen LogP contribution is 2.26. The monoisotopic (exact) mass is 327 g/mol. The molecule has 106 valence electrons. The van der Waals surface area contributed by atoms with Crippen LogP contribution in [0.3, 0.4) is 0 Å². The molecule has 2 rings (SSSR count). The Bertz CT molecular complexity index is 584. The minimum absolute atomic E-state index is 0.283. The van der Waals surface area contributed by atoms with Gasteiger partial charge in [0.05, 0.1) is 0 Å². The van der Waals surface area contributed by atoms with Gasteiger partial charge in [-0.25, -0.2) is 0 Å². The van der Waals surface area contributed by atoms with Crippen LogP contribution in [-0.2, 0) is 12.8 Å². The molecule has 2 aromatic rings. The highest BCUT2D eigenvalue weighted by Gasteiger charge is 2.13. The third-order valence-electron chi connectivity index (χ3n) is 3.32. The van der Waals surface area contributed by atoms with E-state index in [4.69, 9.17) is 40.5 Å². The van der Waals surface area contributed by atoms with E-state index >= 15 is 0 Å². The zero-order valence-electron chi connectivity index (χ0n) is 11.0. The quantitative estimate of drug-likeness (QED) is 0.820. The van der Waals surface area contributed by atoms with E-state index in [1.165, 1.54) is 0 Å². The smallest absolute Gasteiger partial charge is 0.0439 e. The van der Waals surface area contributed by atoms with Crippen molar-refractivity contribution in [2.75, 3.05) is 6.54 Å². The van der Waals surface area contributed by atoms with Gasteiger partial charge in [-0.05, 0) is 60.7 Å². The summed E-state index contributed by atoms with van der Waals surface area (Å²) in [4.78, 5) is 0. The standard InChI is InChI=1S/C16H16Cl3N/c17-14-5-6-16(19)13(9-14)8-11(10-20)7-12-3-1-2-4-15(12)18/h1-6,9,11H,7-8,10,20H2. The second-order valence-electron chi connectivity index (χ2n) is 4.84. The average molecular weight is 329 g/mol. The Hall–Kier alpha value is -0.730. The Kier molecular flexibility index (Phi) is 5.74. The van der Waals surface area contributed by atoms with Gasteiger partial charge in [0.1, 0.15) is 0 Å². The van der Waals surface area contributed by atoms with Gasteiger partial charge in [0, 0.05) is 15.1 Å². The van der Waals surface area contributed by atoms with Crippen LogP contribution >= 0.6 is 34.8 Å². The molecule has 0 amide bonds. The lowest BCUT2D eigenvalue weighted by Gasteiger charge is -2.16. The second-order valence-corrected chi connectivity index (χ2v) is 6.09. The predicted molar refractivity (Wildman–Crippen MR) is 87.9 cm³/mol. The van der Waals surface area contributed by atoms with Crippen LogP contribution in [-0.4, -0.2) is 6.54 Å². The van der Waals surface area contributed by atoms with Gasteiger partial charge in [-0.3, -0.25) is 0 Å². The van der Waals surface area contributed by atoms with Crippen molar-refractivity contribution >= 4 is 34.8 Å². The molecule has 2 aromatic carbocycles. The first kappa shape index (κ1) is 15.7. The lowest BCUT2D eigenvalue weighted by molar-refractivity contribution is 0.533. The van der Waals surface area contributed by atoms with Gasteiger partial charge >= 0.3 is 0 Å². The Morgan fingerprint density at radius 3 is 2.20 bits per heavy atom. The van der Waals surface area contributed by atoms with Crippen LogP contribution in [0.5, 0.6) is 0 Å². The van der Waals surface area contributed by atoms with Crippen LogP contribution in [0.25, 0.3) is 0 Å². The van der Waals surface area contributed by atoms with E-state index in [-0.39, 0.29) is 5.92 Å². The number of hydrogen-bond acceptors (Lipinski definition) is 1. The van der Waals surface area contributed by atoms with E-state index in [0.717, 1.165) is 34.0 Å². The molecule has 0 saturated heterocycles. The van der Waals surface area contributed by atoms with E-state index < -0.39 is 0 Å². The largest absolute Gasteiger partial charge is 0.330 e. The fraction of sp³-hybridized carbons (Fsp3) is 0.250. The van der Waals surface area contributed by atoms with Crippen LogP contribution in [0, 0.1) is 5.92 Å². The normalized spacial score (nSPS) is 12.4. The van der Waals surface area contributed by atoms with Gasteiger partial charge in [-0.2, -0.15) is 0 Å². The first-order valence-electron chi connectivity index (χ1n) is 6.47. The third-order valence-corrected chi connectivity index (χ3v) is 4.29. The molecule has 1 nitrogen and oxygen atoms in total. The molecule has 0 saturated carbocycles.